The molecular weight excluding hydrogens is 334 g/mol. The van der Waals surface area contributed by atoms with E-state index in [1.165, 1.54) is 0 Å². The van der Waals surface area contributed by atoms with E-state index >= 15 is 0 Å². The number of aromatic nitrogens is 1. The van der Waals surface area contributed by atoms with Crippen molar-refractivity contribution in [2.45, 2.75) is 19.0 Å². The summed E-state index contributed by atoms with van der Waals surface area (Å²) in [5.74, 6) is 0.600. The first-order valence-corrected chi connectivity index (χ1v) is 9.68. The minimum absolute atomic E-state index is 0.235. The Kier molecular flexibility index (Phi) is 5.10. The zero-order valence-electron chi connectivity index (χ0n) is 14.2. The van der Waals surface area contributed by atoms with Gasteiger partial charge in [-0.2, -0.15) is 0 Å². The minimum Gasteiger partial charge on any atom is -0.379 e. The molecule has 1 amide bonds. The molecule has 2 aromatic heterocycles. The fraction of sp³-hybridized carbons (Fsp3) is 0.474. The molecule has 0 N–H and O–H groups in total. The molecule has 2 fully saturated rings. The molecule has 132 valence electrons. The summed E-state index contributed by atoms with van der Waals surface area (Å²) < 4.78 is 5.87. The third kappa shape index (κ3) is 4.08. The van der Waals surface area contributed by atoms with Gasteiger partial charge < -0.3 is 9.64 Å². The largest absolute Gasteiger partial charge is 0.379 e. The van der Waals surface area contributed by atoms with Crippen LogP contribution in [0.4, 0.5) is 0 Å². The molecule has 2 aliphatic rings. The molecule has 0 aromatic carbocycles. The zero-order valence-corrected chi connectivity index (χ0v) is 15.0. The highest BCUT2D eigenvalue weighted by atomic mass is 32.1. The fourth-order valence-electron chi connectivity index (χ4n) is 3.70. The predicted octanol–water partition coefficient (Wildman–Crippen LogP) is 2.04. The smallest absolute Gasteiger partial charge is 0.227 e. The Morgan fingerprint density at radius 3 is 2.96 bits per heavy atom. The predicted molar refractivity (Wildman–Crippen MR) is 97.3 cm³/mol. The number of ether oxygens (including phenoxy) is 1. The molecule has 6 heteroatoms. The normalized spacial score (nSPS) is 24.1. The molecule has 4 rings (SSSR count). The first kappa shape index (κ1) is 16.7. The van der Waals surface area contributed by atoms with Crippen LogP contribution < -0.4 is 0 Å². The maximum absolute atomic E-state index is 12.8. The number of thiophene rings is 1. The number of pyridine rings is 1. The van der Waals surface area contributed by atoms with Crippen LogP contribution >= 0.6 is 11.3 Å². The second-order valence-corrected chi connectivity index (χ2v) is 7.89. The van der Waals surface area contributed by atoms with Gasteiger partial charge in [-0.15, -0.1) is 11.3 Å². The van der Waals surface area contributed by atoms with Crippen molar-refractivity contribution in [3.8, 4) is 0 Å². The number of nitrogens with zero attached hydrogens (tertiary/aromatic N) is 3. The van der Waals surface area contributed by atoms with Gasteiger partial charge in [-0.1, -0.05) is 12.1 Å². The lowest BCUT2D eigenvalue weighted by Crippen LogP contribution is -2.46. The van der Waals surface area contributed by atoms with Crippen LogP contribution in [0.2, 0.25) is 0 Å². The van der Waals surface area contributed by atoms with E-state index in [-0.39, 0.29) is 11.9 Å². The molecule has 0 spiro atoms. The lowest BCUT2D eigenvalue weighted by molar-refractivity contribution is -0.132. The van der Waals surface area contributed by atoms with Crippen LogP contribution in [0.1, 0.15) is 10.6 Å². The SMILES string of the molecule is O=C(Cc1cccs1)N1C[C@@H]2COC[C@H](C1)N(Cc1ccccn1)C2. The topological polar surface area (TPSA) is 45.7 Å². The van der Waals surface area contributed by atoms with Gasteiger partial charge in [0.05, 0.1) is 31.4 Å². The highest BCUT2D eigenvalue weighted by Crippen LogP contribution is 2.22. The number of rotatable bonds is 4. The maximum Gasteiger partial charge on any atom is 0.227 e. The molecule has 2 aromatic rings. The highest BCUT2D eigenvalue weighted by Gasteiger charge is 2.35. The quantitative estimate of drug-likeness (QED) is 0.840. The maximum atomic E-state index is 12.8. The minimum atomic E-state index is 0.235. The Bertz CT molecular complexity index is 692. The Hall–Kier alpha value is -1.76. The Labute approximate surface area is 152 Å². The van der Waals surface area contributed by atoms with Crippen molar-refractivity contribution in [2.24, 2.45) is 5.92 Å². The summed E-state index contributed by atoms with van der Waals surface area (Å²) in [5, 5.41) is 2.03. The van der Waals surface area contributed by atoms with E-state index < -0.39 is 0 Å². The van der Waals surface area contributed by atoms with Crippen LogP contribution in [-0.4, -0.2) is 59.6 Å². The van der Waals surface area contributed by atoms with Crippen LogP contribution in [0.25, 0.3) is 0 Å². The number of fused-ring (bicyclic) bond motifs is 3. The van der Waals surface area contributed by atoms with Gasteiger partial charge in [0.25, 0.3) is 0 Å². The van der Waals surface area contributed by atoms with Gasteiger partial charge in [0, 0.05) is 43.2 Å². The average molecular weight is 357 g/mol. The monoisotopic (exact) mass is 357 g/mol. The lowest BCUT2D eigenvalue weighted by Gasteiger charge is -2.31. The summed E-state index contributed by atoms with van der Waals surface area (Å²) in [5.41, 5.74) is 1.08. The van der Waals surface area contributed by atoms with E-state index in [9.17, 15) is 4.79 Å². The van der Waals surface area contributed by atoms with Gasteiger partial charge in [-0.25, -0.2) is 0 Å². The van der Waals surface area contributed by atoms with E-state index in [4.69, 9.17) is 4.74 Å². The van der Waals surface area contributed by atoms with Gasteiger partial charge in [0.2, 0.25) is 5.91 Å². The second kappa shape index (κ2) is 7.64. The van der Waals surface area contributed by atoms with Crippen molar-refractivity contribution < 1.29 is 9.53 Å². The van der Waals surface area contributed by atoms with Crippen molar-refractivity contribution in [2.75, 3.05) is 32.8 Å². The lowest BCUT2D eigenvalue weighted by atomic mass is 10.1. The molecule has 0 radical (unpaired) electrons. The van der Waals surface area contributed by atoms with E-state index in [1.54, 1.807) is 11.3 Å². The summed E-state index contributed by atoms with van der Waals surface area (Å²) in [7, 11) is 0. The van der Waals surface area contributed by atoms with Gasteiger partial charge in [-0.3, -0.25) is 14.7 Å². The number of hydrogen-bond acceptors (Lipinski definition) is 5. The molecule has 0 unspecified atom stereocenters. The van der Waals surface area contributed by atoms with Crippen molar-refractivity contribution in [3.05, 3.63) is 52.5 Å². The molecule has 2 saturated heterocycles. The van der Waals surface area contributed by atoms with E-state index in [0.717, 1.165) is 43.4 Å². The van der Waals surface area contributed by atoms with Crippen molar-refractivity contribution in [3.63, 3.8) is 0 Å². The summed E-state index contributed by atoms with van der Waals surface area (Å²) >= 11 is 1.65. The Balaban J connectivity index is 1.47. The first-order chi connectivity index (χ1) is 12.3. The summed E-state index contributed by atoms with van der Waals surface area (Å²) in [6, 6.07) is 10.3. The number of amides is 1. The Morgan fingerprint density at radius 1 is 1.20 bits per heavy atom. The third-order valence-corrected chi connectivity index (χ3v) is 5.81. The molecule has 5 nitrogen and oxygen atoms in total. The van der Waals surface area contributed by atoms with Crippen LogP contribution in [-0.2, 0) is 22.5 Å². The van der Waals surface area contributed by atoms with Crippen LogP contribution in [0.5, 0.6) is 0 Å². The summed E-state index contributed by atoms with van der Waals surface area (Å²) in [6.45, 7) is 4.74. The standard InChI is InChI=1S/C19H23N3O2S/c23-19(8-18-5-3-7-25-18)22-10-15-9-21(17(12-22)14-24-13-15)11-16-4-1-2-6-20-16/h1-7,15,17H,8-14H2/t15-,17+/m1/s1. The average Bonchev–Trinajstić information content (AvgIpc) is 2.95. The molecule has 4 heterocycles. The summed E-state index contributed by atoms with van der Waals surface area (Å²) in [4.78, 5) is 22.9. The molecule has 25 heavy (non-hydrogen) atoms. The number of carbonyl (C=O) groups excluding carboxylic acids is 1. The molecular formula is C19H23N3O2S. The molecule has 2 atom stereocenters. The van der Waals surface area contributed by atoms with Gasteiger partial charge in [0.1, 0.15) is 0 Å². The molecule has 0 aliphatic carbocycles. The van der Waals surface area contributed by atoms with Crippen LogP contribution in [0, 0.1) is 5.92 Å². The number of hydrogen-bond donors (Lipinski definition) is 0. The van der Waals surface area contributed by atoms with Gasteiger partial charge >= 0.3 is 0 Å². The van der Waals surface area contributed by atoms with Crippen LogP contribution in [0.3, 0.4) is 0 Å². The van der Waals surface area contributed by atoms with E-state index in [1.807, 2.05) is 35.8 Å². The van der Waals surface area contributed by atoms with E-state index in [2.05, 4.69) is 20.9 Å². The third-order valence-electron chi connectivity index (χ3n) is 4.93. The van der Waals surface area contributed by atoms with Crippen molar-refractivity contribution in [1.29, 1.82) is 0 Å². The van der Waals surface area contributed by atoms with E-state index in [0.29, 0.717) is 18.9 Å². The first-order valence-electron chi connectivity index (χ1n) is 8.80. The number of carbonyl (C=O) groups is 1. The van der Waals surface area contributed by atoms with Crippen molar-refractivity contribution >= 4 is 17.2 Å². The molecule has 2 aliphatic heterocycles. The molecule has 0 saturated carbocycles. The zero-order chi connectivity index (χ0) is 17.1. The fourth-order valence-corrected chi connectivity index (χ4v) is 4.40. The second-order valence-electron chi connectivity index (χ2n) is 6.86. The van der Waals surface area contributed by atoms with Gasteiger partial charge in [0.15, 0.2) is 0 Å². The highest BCUT2D eigenvalue weighted by molar-refractivity contribution is 7.10. The molecule has 2 bridgehead atoms. The summed E-state index contributed by atoms with van der Waals surface area (Å²) in [6.07, 6.45) is 2.35. The van der Waals surface area contributed by atoms with Crippen molar-refractivity contribution in [1.82, 2.24) is 14.8 Å². The van der Waals surface area contributed by atoms with Crippen LogP contribution in [0.15, 0.2) is 41.9 Å². The van der Waals surface area contributed by atoms with Gasteiger partial charge in [-0.05, 0) is 23.6 Å². The Morgan fingerprint density at radius 2 is 2.16 bits per heavy atom.